The molecular weight excluding hydrogens is 356 g/mol. The second kappa shape index (κ2) is 8.10. The van der Waals surface area contributed by atoms with E-state index >= 15 is 0 Å². The molecule has 28 heavy (non-hydrogen) atoms. The summed E-state index contributed by atoms with van der Waals surface area (Å²) in [7, 11) is 1.64. The number of amides is 1. The van der Waals surface area contributed by atoms with Crippen LogP contribution in [-0.2, 0) is 11.8 Å². The number of piperazine rings is 1. The van der Waals surface area contributed by atoms with E-state index in [1.54, 1.807) is 25.5 Å². The minimum Gasteiger partial charge on any atom is -0.367 e. The van der Waals surface area contributed by atoms with E-state index < -0.39 is 0 Å². The number of nitrogens with zero attached hydrogens (tertiary/aromatic N) is 6. The zero-order valence-electron chi connectivity index (χ0n) is 16.2. The molecule has 0 saturated carbocycles. The summed E-state index contributed by atoms with van der Waals surface area (Å²) in [6.07, 6.45) is 7.53. The lowest BCUT2D eigenvalue weighted by atomic mass is 10.1. The molecule has 2 aliphatic heterocycles. The molecule has 1 atom stereocenters. The number of hydrogen-bond donors (Lipinski definition) is 0. The summed E-state index contributed by atoms with van der Waals surface area (Å²) in [6.45, 7) is 4.56. The molecule has 4 rings (SSSR count). The van der Waals surface area contributed by atoms with E-state index in [1.807, 2.05) is 23.2 Å². The van der Waals surface area contributed by atoms with Gasteiger partial charge >= 0.3 is 0 Å². The Kier molecular flexibility index (Phi) is 5.38. The largest absolute Gasteiger partial charge is 0.367 e. The highest BCUT2D eigenvalue weighted by Gasteiger charge is 2.34. The fraction of sp³-hybridized carbons (Fsp3) is 0.500. The minimum absolute atomic E-state index is 0.123. The summed E-state index contributed by atoms with van der Waals surface area (Å²) in [5.74, 6) is 0.150. The van der Waals surface area contributed by atoms with Gasteiger partial charge in [-0.3, -0.25) is 19.5 Å². The zero-order valence-corrected chi connectivity index (χ0v) is 16.2. The Morgan fingerprint density at radius 2 is 1.82 bits per heavy atom. The van der Waals surface area contributed by atoms with Crippen LogP contribution < -0.4 is 10.5 Å². The van der Waals surface area contributed by atoms with Gasteiger partial charge in [0.15, 0.2) is 0 Å². The fourth-order valence-electron chi connectivity index (χ4n) is 4.04. The van der Waals surface area contributed by atoms with Crippen LogP contribution in [0, 0.1) is 0 Å². The maximum atomic E-state index is 13.4. The molecule has 148 valence electrons. The van der Waals surface area contributed by atoms with Gasteiger partial charge in [0.2, 0.25) is 5.91 Å². The van der Waals surface area contributed by atoms with Crippen molar-refractivity contribution in [3.05, 3.63) is 52.7 Å². The number of rotatable bonds is 4. The second-order valence-corrected chi connectivity index (χ2v) is 7.42. The highest BCUT2D eigenvalue weighted by molar-refractivity contribution is 5.83. The monoisotopic (exact) mass is 382 g/mol. The average molecular weight is 382 g/mol. The standard InChI is InChI=1S/C20H26N6O2/c1-23-18(27)13-17(15-22-23)24-9-11-26(12-10-24)20(28)19(25-7-2-3-8-25)16-5-4-6-21-14-16/h4-6,13-15,19H,2-3,7-12H2,1H3. The Balaban J connectivity index is 1.47. The molecule has 0 radical (unpaired) electrons. The molecule has 0 bridgehead atoms. The summed E-state index contributed by atoms with van der Waals surface area (Å²) < 4.78 is 1.32. The van der Waals surface area contributed by atoms with Crippen molar-refractivity contribution in [1.29, 1.82) is 0 Å². The van der Waals surface area contributed by atoms with Gasteiger partial charge < -0.3 is 9.80 Å². The topological polar surface area (TPSA) is 74.6 Å². The van der Waals surface area contributed by atoms with E-state index in [-0.39, 0.29) is 17.5 Å². The molecule has 0 aromatic carbocycles. The van der Waals surface area contributed by atoms with Crippen molar-refractivity contribution in [3.8, 4) is 0 Å². The maximum Gasteiger partial charge on any atom is 0.268 e. The number of carbonyl (C=O) groups is 1. The summed E-state index contributed by atoms with van der Waals surface area (Å²) in [5, 5.41) is 4.10. The minimum atomic E-state index is -0.256. The lowest BCUT2D eigenvalue weighted by molar-refractivity contribution is -0.137. The van der Waals surface area contributed by atoms with E-state index in [4.69, 9.17) is 0 Å². The van der Waals surface area contributed by atoms with Crippen molar-refractivity contribution in [2.45, 2.75) is 18.9 Å². The van der Waals surface area contributed by atoms with Crippen LogP contribution in [-0.4, -0.2) is 69.7 Å². The van der Waals surface area contributed by atoms with Gasteiger partial charge in [-0.25, -0.2) is 4.68 Å². The van der Waals surface area contributed by atoms with Crippen molar-refractivity contribution < 1.29 is 4.79 Å². The van der Waals surface area contributed by atoms with Crippen molar-refractivity contribution in [2.24, 2.45) is 7.05 Å². The summed E-state index contributed by atoms with van der Waals surface area (Å²) in [5.41, 5.74) is 1.66. The first-order chi connectivity index (χ1) is 13.6. The second-order valence-electron chi connectivity index (χ2n) is 7.42. The third kappa shape index (κ3) is 3.77. The fourth-order valence-corrected chi connectivity index (χ4v) is 4.04. The number of aromatic nitrogens is 3. The van der Waals surface area contributed by atoms with Gasteiger partial charge in [-0.05, 0) is 37.6 Å². The van der Waals surface area contributed by atoms with Crippen molar-refractivity contribution in [1.82, 2.24) is 24.6 Å². The molecule has 2 aromatic heterocycles. The summed E-state index contributed by atoms with van der Waals surface area (Å²) >= 11 is 0. The van der Waals surface area contributed by atoms with Crippen LogP contribution in [0.4, 0.5) is 5.69 Å². The molecule has 2 fully saturated rings. The normalized spacial score (nSPS) is 19.0. The van der Waals surface area contributed by atoms with Gasteiger partial charge in [0.05, 0.1) is 11.9 Å². The number of pyridine rings is 1. The maximum absolute atomic E-state index is 13.4. The van der Waals surface area contributed by atoms with E-state index in [0.717, 1.165) is 37.2 Å². The molecule has 8 nitrogen and oxygen atoms in total. The first-order valence-electron chi connectivity index (χ1n) is 9.84. The molecule has 0 aliphatic carbocycles. The number of likely N-dealkylation sites (tertiary alicyclic amines) is 1. The average Bonchev–Trinajstić information content (AvgIpc) is 3.25. The predicted octanol–water partition coefficient (Wildman–Crippen LogP) is 0.661. The van der Waals surface area contributed by atoms with Crippen LogP contribution in [0.25, 0.3) is 0 Å². The molecular formula is C20H26N6O2. The Labute approximate surface area is 164 Å². The summed E-state index contributed by atoms with van der Waals surface area (Å²) in [4.78, 5) is 35.8. The van der Waals surface area contributed by atoms with Gasteiger partial charge in [-0.2, -0.15) is 5.10 Å². The lowest BCUT2D eigenvalue weighted by Gasteiger charge is -2.39. The summed E-state index contributed by atoms with van der Waals surface area (Å²) in [6, 6.07) is 5.24. The van der Waals surface area contributed by atoms with E-state index in [9.17, 15) is 9.59 Å². The van der Waals surface area contributed by atoms with Crippen molar-refractivity contribution in [3.63, 3.8) is 0 Å². The molecule has 2 aromatic rings. The molecule has 1 unspecified atom stereocenters. The number of anilines is 1. The first-order valence-corrected chi connectivity index (χ1v) is 9.84. The molecule has 0 N–H and O–H groups in total. The van der Waals surface area contributed by atoms with Crippen LogP contribution in [0.2, 0.25) is 0 Å². The first kappa shape index (κ1) is 18.6. The van der Waals surface area contributed by atoms with Crippen molar-refractivity contribution >= 4 is 11.6 Å². The van der Waals surface area contributed by atoms with E-state index in [0.29, 0.717) is 26.2 Å². The van der Waals surface area contributed by atoms with Crippen LogP contribution in [0.15, 0.2) is 41.6 Å². The number of aryl methyl sites for hydroxylation is 1. The van der Waals surface area contributed by atoms with Crippen LogP contribution in [0.3, 0.4) is 0 Å². The van der Waals surface area contributed by atoms with E-state index in [1.165, 1.54) is 4.68 Å². The SMILES string of the molecule is Cn1ncc(N2CCN(C(=O)C(c3cccnc3)N3CCCC3)CC2)cc1=O. The lowest BCUT2D eigenvalue weighted by Crippen LogP contribution is -2.52. The Hall–Kier alpha value is -2.74. The number of hydrogen-bond acceptors (Lipinski definition) is 6. The van der Waals surface area contributed by atoms with Gasteiger partial charge in [-0.1, -0.05) is 6.07 Å². The highest BCUT2D eigenvalue weighted by atomic mass is 16.2. The van der Waals surface area contributed by atoms with Gasteiger partial charge in [0.1, 0.15) is 6.04 Å². The Morgan fingerprint density at radius 3 is 2.46 bits per heavy atom. The molecule has 2 saturated heterocycles. The Bertz CT molecular complexity index is 870. The third-order valence-electron chi connectivity index (χ3n) is 5.65. The quantitative estimate of drug-likeness (QED) is 0.774. The van der Waals surface area contributed by atoms with E-state index in [2.05, 4.69) is 19.9 Å². The van der Waals surface area contributed by atoms with Gasteiger partial charge in [0, 0.05) is 51.7 Å². The van der Waals surface area contributed by atoms with Crippen molar-refractivity contribution in [2.75, 3.05) is 44.2 Å². The van der Waals surface area contributed by atoms with Crippen LogP contribution >= 0.6 is 0 Å². The van der Waals surface area contributed by atoms with Gasteiger partial charge in [0.25, 0.3) is 5.56 Å². The highest BCUT2D eigenvalue weighted by Crippen LogP contribution is 2.27. The smallest absolute Gasteiger partial charge is 0.268 e. The molecule has 8 heteroatoms. The predicted molar refractivity (Wildman–Crippen MR) is 106 cm³/mol. The third-order valence-corrected chi connectivity index (χ3v) is 5.65. The van der Waals surface area contributed by atoms with Gasteiger partial charge in [-0.15, -0.1) is 0 Å². The van der Waals surface area contributed by atoms with Crippen LogP contribution in [0.1, 0.15) is 24.4 Å². The zero-order chi connectivity index (χ0) is 19.5. The molecule has 0 spiro atoms. The number of carbonyl (C=O) groups excluding carboxylic acids is 1. The molecule has 1 amide bonds. The molecule has 4 heterocycles. The molecule has 2 aliphatic rings. The Morgan fingerprint density at radius 1 is 1.07 bits per heavy atom. The van der Waals surface area contributed by atoms with Crippen LogP contribution in [0.5, 0.6) is 0 Å².